The second kappa shape index (κ2) is 8.19. The van der Waals surface area contributed by atoms with Crippen LogP contribution in [-0.4, -0.2) is 86.7 Å². The van der Waals surface area contributed by atoms with Crippen LogP contribution in [0.4, 0.5) is 0 Å². The first-order valence-corrected chi connectivity index (χ1v) is 11.2. The molecule has 4 rings (SSSR count). The normalized spacial score (nSPS) is 33.9. The number of likely N-dealkylation sites (tertiary alicyclic amines) is 1. The molecule has 0 bridgehead atoms. The van der Waals surface area contributed by atoms with E-state index in [1.807, 2.05) is 0 Å². The van der Waals surface area contributed by atoms with Crippen molar-refractivity contribution in [1.82, 2.24) is 20.4 Å². The molecule has 158 valence electrons. The number of carbonyl (C=O) groups excluding carboxylic acids is 1. The van der Waals surface area contributed by atoms with E-state index in [2.05, 4.69) is 27.4 Å². The molecule has 2 saturated heterocycles. The zero-order valence-corrected chi connectivity index (χ0v) is 17.7. The second-order valence-corrected chi connectivity index (χ2v) is 9.21. The Morgan fingerprint density at radius 2 is 2.11 bits per heavy atom. The number of aliphatic imine (C=N–C) groups is 1. The third kappa shape index (κ3) is 3.52. The summed E-state index contributed by atoms with van der Waals surface area (Å²) in [5.41, 5.74) is 0.304. The summed E-state index contributed by atoms with van der Waals surface area (Å²) in [4.78, 5) is 20.9. The van der Waals surface area contributed by atoms with Crippen LogP contribution in [0.15, 0.2) is 4.99 Å². The molecule has 0 radical (unpaired) electrons. The zero-order valence-electron chi connectivity index (χ0n) is 17.7. The molecule has 2 saturated carbocycles. The molecule has 4 unspecified atom stereocenters. The average Bonchev–Trinajstić information content (AvgIpc) is 3.26. The Labute approximate surface area is 169 Å². The molecule has 2 N–H and O–H groups in total. The number of hydrogen-bond acceptors (Lipinski definition) is 4. The molecule has 4 aliphatic rings. The molecule has 2 heterocycles. The van der Waals surface area contributed by atoms with Gasteiger partial charge in [-0.15, -0.1) is 0 Å². The SMILES string of the molecule is CCN1CCCC1CNC(=NCC(=O)N(C)C)NC1C2CCOC2C12CCC2. The fourth-order valence-corrected chi connectivity index (χ4v) is 5.80. The number of rotatable bonds is 6. The van der Waals surface area contributed by atoms with Gasteiger partial charge >= 0.3 is 0 Å². The topological polar surface area (TPSA) is 69.2 Å². The lowest BCUT2D eigenvalue weighted by Crippen LogP contribution is -2.72. The predicted molar refractivity (Wildman–Crippen MR) is 110 cm³/mol. The molecule has 7 heteroatoms. The van der Waals surface area contributed by atoms with Gasteiger partial charge in [0.25, 0.3) is 0 Å². The van der Waals surface area contributed by atoms with E-state index in [9.17, 15) is 4.79 Å². The van der Waals surface area contributed by atoms with E-state index in [1.165, 1.54) is 38.6 Å². The number of likely N-dealkylation sites (N-methyl/N-ethyl adjacent to an activating group) is 2. The van der Waals surface area contributed by atoms with Gasteiger partial charge in [0.15, 0.2) is 5.96 Å². The van der Waals surface area contributed by atoms with Crippen molar-refractivity contribution in [2.24, 2.45) is 16.3 Å². The molecule has 2 aliphatic carbocycles. The maximum atomic E-state index is 12.1. The summed E-state index contributed by atoms with van der Waals surface area (Å²) in [6.45, 7) is 6.49. The molecule has 4 fully saturated rings. The van der Waals surface area contributed by atoms with Gasteiger partial charge in [-0.25, -0.2) is 4.99 Å². The summed E-state index contributed by atoms with van der Waals surface area (Å²) in [6.07, 6.45) is 7.89. The predicted octanol–water partition coefficient (Wildman–Crippen LogP) is 1.05. The first-order valence-electron chi connectivity index (χ1n) is 11.2. The molecule has 2 aliphatic heterocycles. The van der Waals surface area contributed by atoms with Crippen LogP contribution >= 0.6 is 0 Å². The van der Waals surface area contributed by atoms with Crippen LogP contribution in [-0.2, 0) is 9.53 Å². The Balaban J connectivity index is 1.42. The molecule has 1 amide bonds. The largest absolute Gasteiger partial charge is 0.377 e. The van der Waals surface area contributed by atoms with Crippen molar-refractivity contribution in [2.75, 3.05) is 46.9 Å². The lowest BCUT2D eigenvalue weighted by molar-refractivity contribution is -0.171. The molecule has 4 atom stereocenters. The number of nitrogens with zero attached hydrogens (tertiary/aromatic N) is 3. The third-order valence-corrected chi connectivity index (χ3v) is 7.61. The van der Waals surface area contributed by atoms with E-state index >= 15 is 0 Å². The molecule has 0 aromatic carbocycles. The lowest BCUT2D eigenvalue weighted by Gasteiger charge is -2.63. The van der Waals surface area contributed by atoms with Crippen LogP contribution in [0, 0.1) is 11.3 Å². The summed E-state index contributed by atoms with van der Waals surface area (Å²) < 4.78 is 6.05. The second-order valence-electron chi connectivity index (χ2n) is 9.21. The van der Waals surface area contributed by atoms with Crippen LogP contribution in [0.25, 0.3) is 0 Å². The Kier molecular flexibility index (Phi) is 5.83. The van der Waals surface area contributed by atoms with Crippen LogP contribution in [0.2, 0.25) is 0 Å². The van der Waals surface area contributed by atoms with Gasteiger partial charge < -0.3 is 20.3 Å². The monoisotopic (exact) mass is 391 g/mol. The first-order chi connectivity index (χ1) is 13.5. The Morgan fingerprint density at radius 3 is 2.79 bits per heavy atom. The highest BCUT2D eigenvalue weighted by atomic mass is 16.5. The highest BCUT2D eigenvalue weighted by Gasteiger charge is 2.66. The number of ether oxygens (including phenoxy) is 1. The number of hydrogen-bond donors (Lipinski definition) is 2. The molecule has 28 heavy (non-hydrogen) atoms. The minimum atomic E-state index is 0.0335. The van der Waals surface area contributed by atoms with Gasteiger partial charge in [0.1, 0.15) is 6.54 Å². The van der Waals surface area contributed by atoms with Gasteiger partial charge in [0.2, 0.25) is 5.91 Å². The summed E-state index contributed by atoms with van der Waals surface area (Å²) in [5.74, 6) is 1.43. The number of carbonyl (C=O) groups is 1. The van der Waals surface area contributed by atoms with Crippen molar-refractivity contribution in [1.29, 1.82) is 0 Å². The Bertz CT molecular complexity index is 604. The number of nitrogens with one attached hydrogen (secondary N) is 2. The van der Waals surface area contributed by atoms with Crippen LogP contribution < -0.4 is 10.6 Å². The molecular formula is C21H37N5O2. The van der Waals surface area contributed by atoms with Crippen molar-refractivity contribution in [3.63, 3.8) is 0 Å². The van der Waals surface area contributed by atoms with Gasteiger partial charge in [0.05, 0.1) is 6.10 Å². The van der Waals surface area contributed by atoms with Crippen LogP contribution in [0.1, 0.15) is 45.4 Å². The fourth-order valence-electron chi connectivity index (χ4n) is 5.80. The summed E-state index contributed by atoms with van der Waals surface area (Å²) in [7, 11) is 3.57. The van der Waals surface area contributed by atoms with Gasteiger partial charge in [0, 0.05) is 50.7 Å². The molecular weight excluding hydrogens is 354 g/mol. The molecule has 1 spiro atoms. The van der Waals surface area contributed by atoms with E-state index in [0.29, 0.717) is 29.5 Å². The zero-order chi connectivity index (χ0) is 19.7. The lowest BCUT2D eigenvalue weighted by atomic mass is 9.46. The number of guanidine groups is 1. The van der Waals surface area contributed by atoms with Crippen LogP contribution in [0.3, 0.4) is 0 Å². The number of fused-ring (bicyclic) bond motifs is 2. The molecule has 0 aromatic rings. The minimum Gasteiger partial charge on any atom is -0.377 e. The molecule has 7 nitrogen and oxygen atoms in total. The van der Waals surface area contributed by atoms with Gasteiger partial charge in [-0.3, -0.25) is 9.69 Å². The highest BCUT2D eigenvalue weighted by molar-refractivity contribution is 5.85. The van der Waals surface area contributed by atoms with E-state index in [0.717, 1.165) is 32.1 Å². The summed E-state index contributed by atoms with van der Waals surface area (Å²) >= 11 is 0. The van der Waals surface area contributed by atoms with Crippen molar-refractivity contribution in [3.05, 3.63) is 0 Å². The van der Waals surface area contributed by atoms with Crippen molar-refractivity contribution in [2.45, 2.75) is 63.6 Å². The number of amides is 1. The van der Waals surface area contributed by atoms with Gasteiger partial charge in [-0.2, -0.15) is 0 Å². The van der Waals surface area contributed by atoms with E-state index in [4.69, 9.17) is 4.74 Å². The quantitative estimate of drug-likeness (QED) is 0.523. The third-order valence-electron chi connectivity index (χ3n) is 7.61. The first kappa shape index (κ1) is 20.0. The maximum Gasteiger partial charge on any atom is 0.243 e. The average molecular weight is 392 g/mol. The maximum absolute atomic E-state index is 12.1. The smallest absolute Gasteiger partial charge is 0.243 e. The van der Waals surface area contributed by atoms with Gasteiger partial charge in [-0.1, -0.05) is 13.3 Å². The van der Waals surface area contributed by atoms with E-state index in [1.54, 1.807) is 19.0 Å². The Hall–Kier alpha value is -1.34. The standard InChI is InChI=1S/C21H37N5O2/c1-4-26-11-5-7-15(26)13-22-20(23-14-17(27)25(2)3)24-18-16-8-12-28-19(16)21(18)9-6-10-21/h15-16,18-19H,4-14H2,1-3H3,(H2,22,23,24). The summed E-state index contributed by atoms with van der Waals surface area (Å²) in [6, 6.07) is 0.989. The minimum absolute atomic E-state index is 0.0335. The van der Waals surface area contributed by atoms with E-state index < -0.39 is 0 Å². The van der Waals surface area contributed by atoms with Crippen molar-refractivity contribution >= 4 is 11.9 Å². The van der Waals surface area contributed by atoms with E-state index in [-0.39, 0.29) is 12.5 Å². The fraction of sp³-hybridized carbons (Fsp3) is 0.905. The van der Waals surface area contributed by atoms with Crippen molar-refractivity contribution in [3.8, 4) is 0 Å². The highest BCUT2D eigenvalue weighted by Crippen LogP contribution is 2.62. The Morgan fingerprint density at radius 1 is 1.29 bits per heavy atom. The van der Waals surface area contributed by atoms with Crippen molar-refractivity contribution < 1.29 is 9.53 Å². The van der Waals surface area contributed by atoms with Crippen LogP contribution in [0.5, 0.6) is 0 Å². The van der Waals surface area contributed by atoms with Gasteiger partial charge in [-0.05, 0) is 45.2 Å². The summed E-state index contributed by atoms with van der Waals surface area (Å²) in [5, 5.41) is 7.31. The molecule has 0 aromatic heterocycles.